The van der Waals surface area contributed by atoms with E-state index in [1.165, 1.54) is 7.11 Å². The average Bonchev–Trinajstić information content (AvgIpc) is 3.00. The second-order valence-electron chi connectivity index (χ2n) is 4.87. The third kappa shape index (κ3) is 2.61. The van der Waals surface area contributed by atoms with E-state index in [1.807, 2.05) is 42.5 Å². The van der Waals surface area contributed by atoms with Crippen LogP contribution in [0.15, 0.2) is 53.6 Å². The van der Waals surface area contributed by atoms with E-state index in [9.17, 15) is 9.59 Å². The van der Waals surface area contributed by atoms with E-state index in [2.05, 4.69) is 0 Å². The minimum atomic E-state index is -0.726. The van der Waals surface area contributed by atoms with Crippen LogP contribution >= 0.6 is 11.8 Å². The molecule has 2 atom stereocenters. The number of carbonyl (C=O) groups is 2. The largest absolute Gasteiger partial charge is 0.468 e. The molecule has 0 spiro atoms. The molecule has 4 nitrogen and oxygen atoms in total. The monoisotopic (exact) mass is 301 g/mol. The third-order valence-electron chi connectivity index (χ3n) is 3.60. The highest BCUT2D eigenvalue weighted by Gasteiger charge is 2.38. The molecule has 0 saturated heterocycles. The molecule has 2 heterocycles. The Hall–Kier alpha value is -2.01. The zero-order chi connectivity index (χ0) is 14.8. The first-order valence-corrected chi connectivity index (χ1v) is 7.59. The molecule has 0 amide bonds. The molecule has 0 fully saturated rings. The van der Waals surface area contributed by atoms with Crippen molar-refractivity contribution in [2.45, 2.75) is 16.6 Å². The number of methoxy groups -OCH3 is 1. The number of fused-ring (bicyclic) bond motifs is 1. The van der Waals surface area contributed by atoms with Gasteiger partial charge in [-0.25, -0.2) is 0 Å². The third-order valence-corrected chi connectivity index (χ3v) is 4.87. The van der Waals surface area contributed by atoms with E-state index in [-0.39, 0.29) is 11.2 Å². The maximum atomic E-state index is 12.3. The molecular weight excluding hydrogens is 286 g/mol. The van der Waals surface area contributed by atoms with E-state index in [1.54, 1.807) is 22.5 Å². The van der Waals surface area contributed by atoms with Gasteiger partial charge in [0.05, 0.1) is 12.4 Å². The number of ether oxygens (including phenoxy) is 1. The number of nitrogens with zero attached hydrogens (tertiary/aromatic N) is 1. The topological polar surface area (TPSA) is 48.3 Å². The summed E-state index contributed by atoms with van der Waals surface area (Å²) in [4.78, 5) is 25.3. The van der Waals surface area contributed by atoms with Crippen molar-refractivity contribution in [2.75, 3.05) is 7.11 Å². The van der Waals surface area contributed by atoms with Crippen LogP contribution in [0.2, 0.25) is 0 Å². The Bertz CT molecular complexity index is 665. The fourth-order valence-electron chi connectivity index (χ4n) is 2.57. The van der Waals surface area contributed by atoms with Gasteiger partial charge >= 0.3 is 5.97 Å². The number of benzene rings is 1. The van der Waals surface area contributed by atoms with Crippen molar-refractivity contribution in [3.8, 4) is 0 Å². The van der Waals surface area contributed by atoms with Gasteiger partial charge in [-0.15, -0.1) is 11.8 Å². The summed E-state index contributed by atoms with van der Waals surface area (Å²) in [5.41, 5.74) is 0.939. The fraction of sp³-hybridized carbons (Fsp3) is 0.250. The number of rotatable bonds is 3. The molecule has 0 radical (unpaired) electrons. The molecule has 2 aromatic rings. The van der Waals surface area contributed by atoms with Crippen molar-refractivity contribution in [3.63, 3.8) is 0 Å². The fourth-order valence-corrected chi connectivity index (χ4v) is 3.82. The molecule has 0 aliphatic carbocycles. The van der Waals surface area contributed by atoms with Crippen LogP contribution < -0.4 is 0 Å². The second kappa shape index (κ2) is 5.77. The smallest absolute Gasteiger partial charge is 0.318 e. The van der Waals surface area contributed by atoms with E-state index >= 15 is 0 Å². The van der Waals surface area contributed by atoms with Gasteiger partial charge in [0, 0.05) is 16.8 Å². The second-order valence-corrected chi connectivity index (χ2v) is 6.15. The summed E-state index contributed by atoms with van der Waals surface area (Å²) >= 11 is 1.66. The van der Waals surface area contributed by atoms with Crippen LogP contribution in [-0.2, 0) is 9.53 Å². The number of esters is 1. The zero-order valence-corrected chi connectivity index (χ0v) is 12.4. The maximum absolute atomic E-state index is 12.3. The molecule has 0 saturated carbocycles. The van der Waals surface area contributed by atoms with Gasteiger partial charge in [0.2, 0.25) is 5.91 Å². The summed E-state index contributed by atoms with van der Waals surface area (Å²) in [6, 6.07) is 13.8. The van der Waals surface area contributed by atoms with Crippen LogP contribution in [0.5, 0.6) is 0 Å². The summed E-state index contributed by atoms with van der Waals surface area (Å²) in [5.74, 6) is -1.39. The maximum Gasteiger partial charge on any atom is 0.318 e. The van der Waals surface area contributed by atoms with Gasteiger partial charge in [-0.05, 0) is 30.7 Å². The minimum Gasteiger partial charge on any atom is -0.468 e. The van der Waals surface area contributed by atoms with Gasteiger partial charge in [-0.2, -0.15) is 0 Å². The molecule has 0 unspecified atom stereocenters. The first-order valence-electron chi connectivity index (χ1n) is 6.71. The van der Waals surface area contributed by atoms with E-state index in [4.69, 9.17) is 4.74 Å². The quantitative estimate of drug-likeness (QED) is 0.645. The highest BCUT2D eigenvalue weighted by atomic mass is 32.2. The molecule has 3 rings (SSSR count). The standard InChI is InChI=1S/C16H15NO3S/c1-20-16(19)12-10-14(21-11-6-3-2-4-7-11)13-8-5-9-17(13)15(12)18/h2-9,12,14H,10H2,1H3/t12-,14-/m1/s1. The molecule has 1 aromatic heterocycles. The lowest BCUT2D eigenvalue weighted by molar-refractivity contribution is -0.144. The van der Waals surface area contributed by atoms with Gasteiger partial charge < -0.3 is 4.74 Å². The highest BCUT2D eigenvalue weighted by Crippen LogP contribution is 2.43. The molecule has 0 N–H and O–H groups in total. The molecule has 108 valence electrons. The van der Waals surface area contributed by atoms with Gasteiger partial charge in [-0.3, -0.25) is 14.2 Å². The first kappa shape index (κ1) is 13.9. The number of thioether (sulfide) groups is 1. The van der Waals surface area contributed by atoms with Crippen LogP contribution in [0, 0.1) is 5.92 Å². The number of hydrogen-bond donors (Lipinski definition) is 0. The zero-order valence-electron chi connectivity index (χ0n) is 11.6. The predicted octanol–water partition coefficient (Wildman–Crippen LogP) is 3.15. The van der Waals surface area contributed by atoms with E-state index < -0.39 is 11.9 Å². The van der Waals surface area contributed by atoms with Gasteiger partial charge in [0.1, 0.15) is 5.92 Å². The Morgan fingerprint density at radius 1 is 1.24 bits per heavy atom. The number of hydrogen-bond acceptors (Lipinski definition) is 4. The lowest BCUT2D eigenvalue weighted by Crippen LogP contribution is -2.35. The summed E-state index contributed by atoms with van der Waals surface area (Å²) in [7, 11) is 1.32. The Labute approximate surface area is 127 Å². The molecular formula is C16H15NO3S. The molecule has 5 heteroatoms. The SMILES string of the molecule is COC(=O)[C@@H]1C[C@@H](Sc2ccccc2)c2cccn2C1=O. The van der Waals surface area contributed by atoms with Crippen molar-refractivity contribution >= 4 is 23.6 Å². The molecule has 1 aromatic carbocycles. The molecule has 21 heavy (non-hydrogen) atoms. The summed E-state index contributed by atoms with van der Waals surface area (Å²) < 4.78 is 6.34. The Balaban J connectivity index is 1.92. The van der Waals surface area contributed by atoms with Crippen LogP contribution in [-0.4, -0.2) is 23.6 Å². The van der Waals surface area contributed by atoms with Crippen LogP contribution in [0.1, 0.15) is 22.2 Å². The summed E-state index contributed by atoms with van der Waals surface area (Å²) in [5, 5.41) is 0.0594. The predicted molar refractivity (Wildman–Crippen MR) is 80.2 cm³/mol. The molecule has 1 aliphatic heterocycles. The van der Waals surface area contributed by atoms with E-state index in [0.717, 1.165) is 10.6 Å². The Kier molecular flexibility index (Phi) is 3.84. The van der Waals surface area contributed by atoms with Crippen molar-refractivity contribution < 1.29 is 14.3 Å². The van der Waals surface area contributed by atoms with Crippen LogP contribution in [0.3, 0.4) is 0 Å². The number of aromatic nitrogens is 1. The summed E-state index contributed by atoms with van der Waals surface area (Å²) in [6.45, 7) is 0. The molecule has 0 bridgehead atoms. The molecule has 1 aliphatic rings. The van der Waals surface area contributed by atoms with Crippen molar-refractivity contribution in [2.24, 2.45) is 5.92 Å². The van der Waals surface area contributed by atoms with Crippen LogP contribution in [0.25, 0.3) is 0 Å². The average molecular weight is 301 g/mol. The lowest BCUT2D eigenvalue weighted by Gasteiger charge is -2.28. The minimum absolute atomic E-state index is 0.0594. The lowest BCUT2D eigenvalue weighted by atomic mass is 9.97. The Morgan fingerprint density at radius 2 is 2.00 bits per heavy atom. The van der Waals surface area contributed by atoms with Gasteiger partial charge in [0.25, 0.3) is 0 Å². The highest BCUT2D eigenvalue weighted by molar-refractivity contribution is 7.99. The normalized spacial score (nSPS) is 20.9. The van der Waals surface area contributed by atoms with E-state index in [0.29, 0.717) is 6.42 Å². The first-order chi connectivity index (χ1) is 10.2. The van der Waals surface area contributed by atoms with Gasteiger partial charge in [-0.1, -0.05) is 18.2 Å². The summed E-state index contributed by atoms with van der Waals surface area (Å²) in [6.07, 6.45) is 2.18. The van der Waals surface area contributed by atoms with Crippen LogP contribution in [0.4, 0.5) is 0 Å². The van der Waals surface area contributed by atoms with Gasteiger partial charge in [0.15, 0.2) is 0 Å². The number of carbonyl (C=O) groups excluding carboxylic acids is 2. The van der Waals surface area contributed by atoms with Crippen molar-refractivity contribution in [1.82, 2.24) is 4.57 Å². The van der Waals surface area contributed by atoms with Crippen molar-refractivity contribution in [3.05, 3.63) is 54.4 Å². The van der Waals surface area contributed by atoms with Crippen molar-refractivity contribution in [1.29, 1.82) is 0 Å². The Morgan fingerprint density at radius 3 is 2.71 bits per heavy atom.